The van der Waals surface area contributed by atoms with E-state index < -0.39 is 21.7 Å². The molecule has 31 heavy (non-hydrogen) atoms. The van der Waals surface area contributed by atoms with Gasteiger partial charge in [-0.2, -0.15) is 0 Å². The van der Waals surface area contributed by atoms with Gasteiger partial charge in [-0.1, -0.05) is 29.8 Å². The number of halogens is 2. The van der Waals surface area contributed by atoms with E-state index in [9.17, 15) is 22.0 Å². The van der Waals surface area contributed by atoms with Gasteiger partial charge in [-0.05, 0) is 55.4 Å². The molecule has 0 aromatic heterocycles. The summed E-state index contributed by atoms with van der Waals surface area (Å²) in [6, 6.07) is 9.05. The molecule has 3 atom stereocenters. The summed E-state index contributed by atoms with van der Waals surface area (Å²) in [5, 5.41) is 0. The van der Waals surface area contributed by atoms with Crippen LogP contribution in [0.15, 0.2) is 36.4 Å². The van der Waals surface area contributed by atoms with Gasteiger partial charge >= 0.3 is 0 Å². The summed E-state index contributed by atoms with van der Waals surface area (Å²) in [4.78, 5) is 14.8. The van der Waals surface area contributed by atoms with Crippen LogP contribution in [0.3, 0.4) is 0 Å². The Bertz CT molecular complexity index is 1100. The number of likely N-dealkylation sites (tertiary alicyclic amines) is 1. The summed E-state index contributed by atoms with van der Waals surface area (Å²) in [6.45, 7) is 2.80. The zero-order valence-electron chi connectivity index (χ0n) is 17.6. The van der Waals surface area contributed by atoms with Crippen molar-refractivity contribution in [2.45, 2.75) is 38.1 Å². The van der Waals surface area contributed by atoms with Crippen molar-refractivity contribution in [2.24, 2.45) is 5.92 Å². The molecule has 1 heterocycles. The number of sulfonamides is 1. The summed E-state index contributed by atoms with van der Waals surface area (Å²) < 4.78 is 54.6. The lowest BCUT2D eigenvalue weighted by atomic mass is 9.93. The van der Waals surface area contributed by atoms with E-state index in [0.29, 0.717) is 31.5 Å². The molecule has 8 heteroatoms. The molecular formula is C23H26F2N2O3S. The number of nitrogens with one attached hydrogen (secondary N) is 1. The Morgan fingerprint density at radius 3 is 2.55 bits per heavy atom. The van der Waals surface area contributed by atoms with Gasteiger partial charge in [-0.3, -0.25) is 4.79 Å². The number of hydrogen-bond donors (Lipinski definition) is 1. The summed E-state index contributed by atoms with van der Waals surface area (Å²) in [5.41, 5.74) is 2.09. The molecule has 0 unspecified atom stereocenters. The van der Waals surface area contributed by atoms with E-state index >= 15 is 0 Å². The summed E-state index contributed by atoms with van der Waals surface area (Å²) in [6.07, 6.45) is 3.16. The second kappa shape index (κ2) is 8.31. The first-order valence-corrected chi connectivity index (χ1v) is 12.3. The SMILES string of the molecule is Cc1ccc([C@@H]2C[C@H]2C(=O)N2CCC[C@@H](NS(C)(=O)=O)C2)c(-c2c(F)cccc2F)c1. The molecule has 2 aliphatic rings. The average Bonchev–Trinajstić information content (AvgIpc) is 3.47. The maximum atomic E-state index is 14.5. The highest BCUT2D eigenvalue weighted by Crippen LogP contribution is 2.52. The molecule has 0 spiro atoms. The highest BCUT2D eigenvalue weighted by atomic mass is 32.2. The van der Waals surface area contributed by atoms with Crippen molar-refractivity contribution in [2.75, 3.05) is 19.3 Å². The molecule has 1 amide bonds. The fourth-order valence-corrected chi connectivity index (χ4v) is 5.39. The van der Waals surface area contributed by atoms with Crippen LogP contribution in [0.2, 0.25) is 0 Å². The van der Waals surface area contributed by atoms with Gasteiger partial charge in [-0.15, -0.1) is 0 Å². The summed E-state index contributed by atoms with van der Waals surface area (Å²) in [5.74, 6) is -1.63. The molecule has 5 nitrogen and oxygen atoms in total. The maximum Gasteiger partial charge on any atom is 0.226 e. The standard InChI is InChI=1S/C23H26F2N2O3S/c1-14-8-9-16(18(11-14)22-20(24)6-3-7-21(22)25)17-12-19(17)23(28)27-10-4-5-15(13-27)26-31(2,29)30/h3,6-9,11,15,17,19,26H,4-5,10,12-13H2,1-2H3/t15-,17+,19-/m1/s1. The fraction of sp³-hybridized carbons (Fsp3) is 0.435. The third-order valence-corrected chi connectivity index (χ3v) is 6.82. The Balaban J connectivity index is 1.55. The van der Waals surface area contributed by atoms with Gasteiger partial charge in [0.15, 0.2) is 0 Å². The number of benzene rings is 2. The average molecular weight is 449 g/mol. The molecule has 1 aliphatic carbocycles. The number of piperidine rings is 1. The van der Waals surface area contributed by atoms with Crippen LogP contribution in [0.5, 0.6) is 0 Å². The minimum atomic E-state index is -3.34. The molecular weight excluding hydrogens is 422 g/mol. The van der Waals surface area contributed by atoms with Crippen LogP contribution in [0.1, 0.15) is 36.3 Å². The number of carbonyl (C=O) groups excluding carboxylic acids is 1. The van der Waals surface area contributed by atoms with Crippen LogP contribution in [0.25, 0.3) is 11.1 Å². The third-order valence-electron chi connectivity index (χ3n) is 6.06. The van der Waals surface area contributed by atoms with Gasteiger partial charge in [0.25, 0.3) is 0 Å². The van der Waals surface area contributed by atoms with Crippen LogP contribution < -0.4 is 4.72 Å². The second-order valence-electron chi connectivity index (χ2n) is 8.65. The molecule has 0 radical (unpaired) electrons. The molecule has 0 bridgehead atoms. The van der Waals surface area contributed by atoms with Crippen LogP contribution in [0.4, 0.5) is 8.78 Å². The lowest BCUT2D eigenvalue weighted by Gasteiger charge is -2.33. The highest BCUT2D eigenvalue weighted by Gasteiger charge is 2.47. The van der Waals surface area contributed by atoms with Gasteiger partial charge in [0.2, 0.25) is 15.9 Å². The Labute approximate surface area is 181 Å². The van der Waals surface area contributed by atoms with Gasteiger partial charge in [0.05, 0.1) is 11.8 Å². The lowest BCUT2D eigenvalue weighted by molar-refractivity contribution is -0.133. The van der Waals surface area contributed by atoms with Crippen LogP contribution >= 0.6 is 0 Å². The first kappa shape index (κ1) is 21.9. The van der Waals surface area contributed by atoms with Gasteiger partial charge < -0.3 is 4.90 Å². The molecule has 1 aliphatic heterocycles. The maximum absolute atomic E-state index is 14.5. The lowest BCUT2D eigenvalue weighted by Crippen LogP contribution is -2.49. The van der Waals surface area contributed by atoms with Crippen molar-refractivity contribution < 1.29 is 22.0 Å². The van der Waals surface area contributed by atoms with Crippen LogP contribution in [-0.4, -0.2) is 44.6 Å². The van der Waals surface area contributed by atoms with E-state index in [1.807, 2.05) is 19.1 Å². The Hall–Kier alpha value is -2.32. The number of amides is 1. The monoisotopic (exact) mass is 448 g/mol. The van der Waals surface area contributed by atoms with Crippen molar-refractivity contribution in [1.29, 1.82) is 0 Å². The number of carbonyl (C=O) groups is 1. The topological polar surface area (TPSA) is 66.5 Å². The van der Waals surface area contributed by atoms with E-state index in [-0.39, 0.29) is 29.3 Å². The predicted molar refractivity (Wildman–Crippen MR) is 115 cm³/mol. The number of rotatable bonds is 5. The van der Waals surface area contributed by atoms with Crippen LogP contribution in [0, 0.1) is 24.5 Å². The van der Waals surface area contributed by atoms with E-state index in [1.165, 1.54) is 18.2 Å². The largest absolute Gasteiger partial charge is 0.341 e. The number of hydrogen-bond acceptors (Lipinski definition) is 3. The molecule has 2 fully saturated rings. The minimum absolute atomic E-state index is 0.0227. The first-order chi connectivity index (χ1) is 14.6. The van der Waals surface area contributed by atoms with Crippen molar-refractivity contribution in [3.05, 3.63) is 59.2 Å². The summed E-state index contributed by atoms with van der Waals surface area (Å²) in [7, 11) is -3.34. The zero-order chi connectivity index (χ0) is 22.3. The van der Waals surface area contributed by atoms with Crippen molar-refractivity contribution in [1.82, 2.24) is 9.62 Å². The first-order valence-electron chi connectivity index (χ1n) is 10.4. The smallest absolute Gasteiger partial charge is 0.226 e. The quantitative estimate of drug-likeness (QED) is 0.760. The third kappa shape index (κ3) is 4.80. The second-order valence-corrected chi connectivity index (χ2v) is 10.4. The number of aryl methyl sites for hydroxylation is 1. The molecule has 2 aromatic rings. The zero-order valence-corrected chi connectivity index (χ0v) is 18.4. The highest BCUT2D eigenvalue weighted by molar-refractivity contribution is 7.88. The molecule has 166 valence electrons. The minimum Gasteiger partial charge on any atom is -0.341 e. The normalized spacial score (nSPS) is 23.6. The Morgan fingerprint density at radius 2 is 1.87 bits per heavy atom. The van der Waals surface area contributed by atoms with Crippen molar-refractivity contribution >= 4 is 15.9 Å². The fourth-order valence-electron chi connectivity index (χ4n) is 4.59. The number of nitrogens with zero attached hydrogens (tertiary/aromatic N) is 1. The Morgan fingerprint density at radius 1 is 1.16 bits per heavy atom. The van der Waals surface area contributed by atoms with E-state index in [1.54, 1.807) is 11.0 Å². The van der Waals surface area contributed by atoms with E-state index in [4.69, 9.17) is 0 Å². The molecule has 2 aromatic carbocycles. The van der Waals surface area contributed by atoms with Gasteiger partial charge in [0, 0.05) is 25.0 Å². The molecule has 4 rings (SSSR count). The molecule has 1 saturated carbocycles. The van der Waals surface area contributed by atoms with Crippen molar-refractivity contribution in [3.8, 4) is 11.1 Å². The van der Waals surface area contributed by atoms with E-state index in [0.717, 1.165) is 23.8 Å². The van der Waals surface area contributed by atoms with Gasteiger partial charge in [-0.25, -0.2) is 21.9 Å². The summed E-state index contributed by atoms with van der Waals surface area (Å²) >= 11 is 0. The predicted octanol–water partition coefficient (Wildman–Crippen LogP) is 3.58. The Kier molecular flexibility index (Phi) is 5.87. The van der Waals surface area contributed by atoms with E-state index in [2.05, 4.69) is 4.72 Å². The molecule has 1 saturated heterocycles. The van der Waals surface area contributed by atoms with Crippen LogP contribution in [-0.2, 0) is 14.8 Å². The van der Waals surface area contributed by atoms with Crippen molar-refractivity contribution in [3.63, 3.8) is 0 Å². The van der Waals surface area contributed by atoms with Gasteiger partial charge in [0.1, 0.15) is 11.6 Å². The molecule has 1 N–H and O–H groups in total.